The second-order valence-corrected chi connectivity index (χ2v) is 9.49. The van der Waals surface area contributed by atoms with Crippen LogP contribution in [0.15, 0.2) is 97.6 Å². The summed E-state index contributed by atoms with van der Waals surface area (Å²) in [6.45, 7) is 2.17. The van der Waals surface area contributed by atoms with Gasteiger partial charge in [-0.05, 0) is 62.0 Å². The molecule has 0 spiro atoms. The molecule has 2 aliphatic heterocycles. The van der Waals surface area contributed by atoms with Crippen molar-refractivity contribution in [3.63, 3.8) is 0 Å². The Labute approximate surface area is 226 Å². The molecule has 2 aromatic carbocycles. The lowest BCUT2D eigenvalue weighted by molar-refractivity contribution is 0.749. The van der Waals surface area contributed by atoms with E-state index < -0.39 is 0 Å². The van der Waals surface area contributed by atoms with Crippen molar-refractivity contribution >= 4 is 0 Å². The number of nitrogens with zero attached hydrogens (tertiary/aromatic N) is 2. The molecule has 0 bridgehead atoms. The molecule has 0 aliphatic carbocycles. The first kappa shape index (κ1) is 25.4. The van der Waals surface area contributed by atoms with E-state index >= 15 is 0 Å². The fraction of sp³-hybridized carbons (Fsp3) is 0.235. The number of hydrogen-bond acceptors (Lipinski definition) is 4. The smallest absolute Gasteiger partial charge is 0.0693 e. The number of pyridine rings is 2. The molecule has 2 aliphatic rings. The lowest BCUT2D eigenvalue weighted by Gasteiger charge is -2.01. The largest absolute Gasteiger partial charge is 0.304 e. The van der Waals surface area contributed by atoms with Crippen LogP contribution in [0.4, 0.5) is 0 Å². The summed E-state index contributed by atoms with van der Waals surface area (Å²) in [5, 5.41) is 6.76. The van der Waals surface area contributed by atoms with Crippen molar-refractivity contribution in [3.8, 4) is 45.9 Å². The predicted octanol–water partition coefficient (Wildman–Crippen LogP) is 5.70. The summed E-state index contributed by atoms with van der Waals surface area (Å²) in [4.78, 5) is 8.57. The van der Waals surface area contributed by atoms with Crippen molar-refractivity contribution in [2.45, 2.75) is 37.8 Å². The Morgan fingerprint density at radius 2 is 1.00 bits per heavy atom. The molecule has 0 amide bonds. The molecule has 0 saturated carbocycles. The molecule has 2 aromatic heterocycles. The van der Waals surface area contributed by atoms with Crippen LogP contribution in [0.1, 0.15) is 36.8 Å². The highest BCUT2D eigenvalue weighted by molar-refractivity contribution is 5.65. The second-order valence-electron chi connectivity index (χ2n) is 9.49. The number of rotatable bonds is 2. The summed E-state index contributed by atoms with van der Waals surface area (Å²) in [6.07, 6.45) is 12.2. The average molecular weight is 497 g/mol. The normalized spacial score (nSPS) is 17.8. The second kappa shape index (κ2) is 13.4. The highest BCUT2D eigenvalue weighted by atomic mass is 14.9. The Balaban J connectivity index is 0.000000155. The van der Waals surface area contributed by atoms with Crippen molar-refractivity contribution < 1.29 is 0 Å². The van der Waals surface area contributed by atoms with Crippen molar-refractivity contribution in [1.29, 1.82) is 0 Å². The highest BCUT2D eigenvalue weighted by Gasteiger charge is 2.10. The minimum atomic E-state index is 0.348. The lowest BCUT2D eigenvalue weighted by atomic mass is 10.1. The van der Waals surface area contributed by atoms with Gasteiger partial charge < -0.3 is 10.6 Å². The van der Waals surface area contributed by atoms with Gasteiger partial charge in [0.15, 0.2) is 0 Å². The van der Waals surface area contributed by atoms with Crippen LogP contribution < -0.4 is 10.6 Å². The van der Waals surface area contributed by atoms with Crippen LogP contribution in [-0.4, -0.2) is 35.1 Å². The first-order chi connectivity index (χ1) is 18.8. The molecule has 188 valence electrons. The van der Waals surface area contributed by atoms with Crippen LogP contribution in [0.25, 0.3) is 22.3 Å². The maximum Gasteiger partial charge on any atom is 0.0693 e. The van der Waals surface area contributed by atoms with Gasteiger partial charge in [0.1, 0.15) is 0 Å². The molecule has 4 nitrogen and oxygen atoms in total. The van der Waals surface area contributed by atoms with E-state index in [1.807, 2.05) is 61.2 Å². The lowest BCUT2D eigenvalue weighted by Crippen LogP contribution is -2.18. The van der Waals surface area contributed by atoms with Gasteiger partial charge in [0.25, 0.3) is 0 Å². The molecule has 2 N–H and O–H groups in total. The van der Waals surface area contributed by atoms with E-state index in [1.165, 1.54) is 24.0 Å². The van der Waals surface area contributed by atoms with E-state index in [2.05, 4.69) is 80.7 Å². The maximum absolute atomic E-state index is 4.28. The summed E-state index contributed by atoms with van der Waals surface area (Å²) in [5.74, 6) is 13.0. The van der Waals surface area contributed by atoms with Gasteiger partial charge >= 0.3 is 0 Å². The Kier molecular flexibility index (Phi) is 8.94. The third-order valence-corrected chi connectivity index (χ3v) is 6.59. The van der Waals surface area contributed by atoms with E-state index in [4.69, 9.17) is 0 Å². The Hall–Kier alpha value is -4.22. The summed E-state index contributed by atoms with van der Waals surface area (Å²) >= 11 is 0. The van der Waals surface area contributed by atoms with Crippen LogP contribution >= 0.6 is 0 Å². The monoisotopic (exact) mass is 496 g/mol. The van der Waals surface area contributed by atoms with Crippen molar-refractivity contribution in [2.24, 2.45) is 0 Å². The molecule has 2 saturated heterocycles. The number of aromatic nitrogens is 2. The molecule has 2 fully saturated rings. The van der Waals surface area contributed by atoms with E-state index in [-0.39, 0.29) is 0 Å². The minimum Gasteiger partial charge on any atom is -0.304 e. The summed E-state index contributed by atoms with van der Waals surface area (Å²) in [7, 11) is 0. The van der Waals surface area contributed by atoms with E-state index in [0.29, 0.717) is 12.1 Å². The van der Waals surface area contributed by atoms with Gasteiger partial charge in [0.2, 0.25) is 0 Å². The van der Waals surface area contributed by atoms with Gasteiger partial charge in [-0.2, -0.15) is 0 Å². The summed E-state index contributed by atoms with van der Waals surface area (Å²) in [6, 6.07) is 25.4. The zero-order valence-electron chi connectivity index (χ0n) is 21.5. The summed E-state index contributed by atoms with van der Waals surface area (Å²) < 4.78 is 0. The van der Waals surface area contributed by atoms with Crippen molar-refractivity contribution in [3.05, 3.63) is 109 Å². The Morgan fingerprint density at radius 1 is 0.553 bits per heavy atom. The summed E-state index contributed by atoms with van der Waals surface area (Å²) in [5.41, 5.74) is 6.55. The van der Waals surface area contributed by atoms with Crippen LogP contribution in [0.2, 0.25) is 0 Å². The first-order valence-corrected chi connectivity index (χ1v) is 13.3. The molecular formula is C34H32N4. The van der Waals surface area contributed by atoms with Gasteiger partial charge in [-0.3, -0.25) is 9.97 Å². The molecule has 4 heterocycles. The SMILES string of the molecule is C(#C[C@@H]1CCCN1)c1cncc(-c2ccccc2)c1.C(#C[C@H]1CCCN1)c1cncc(-c2ccccc2)c1. The number of nitrogens with one attached hydrogen (secondary N) is 2. The third-order valence-electron chi connectivity index (χ3n) is 6.59. The minimum absolute atomic E-state index is 0.348. The molecule has 0 radical (unpaired) electrons. The molecule has 4 heteroatoms. The fourth-order valence-corrected chi connectivity index (χ4v) is 4.55. The molecular weight excluding hydrogens is 464 g/mol. The number of benzene rings is 2. The zero-order valence-corrected chi connectivity index (χ0v) is 21.5. The van der Waals surface area contributed by atoms with Gasteiger partial charge in [-0.1, -0.05) is 84.3 Å². The number of hydrogen-bond donors (Lipinski definition) is 2. The van der Waals surface area contributed by atoms with Gasteiger partial charge in [-0.15, -0.1) is 0 Å². The van der Waals surface area contributed by atoms with E-state index in [0.717, 1.165) is 48.2 Å². The Morgan fingerprint density at radius 3 is 1.39 bits per heavy atom. The van der Waals surface area contributed by atoms with Crippen LogP contribution in [-0.2, 0) is 0 Å². The molecule has 4 aromatic rings. The van der Waals surface area contributed by atoms with Crippen LogP contribution in [0.5, 0.6) is 0 Å². The quantitative estimate of drug-likeness (QED) is 0.349. The molecule has 38 heavy (non-hydrogen) atoms. The van der Waals surface area contributed by atoms with Crippen molar-refractivity contribution in [2.75, 3.05) is 13.1 Å². The highest BCUT2D eigenvalue weighted by Crippen LogP contribution is 2.19. The topological polar surface area (TPSA) is 49.8 Å². The standard InChI is InChI=1S/2C17H16N2/c2*1-2-5-15(6-3-1)16-11-14(12-18-13-16)8-9-17-7-4-10-19-17/h2*1-3,5-6,11-13,17,19H,4,7,10H2/t2*17-/m10/s1. The van der Waals surface area contributed by atoms with Gasteiger partial charge in [0.05, 0.1) is 12.1 Å². The van der Waals surface area contributed by atoms with Crippen LogP contribution in [0, 0.1) is 23.7 Å². The third kappa shape index (κ3) is 7.40. The van der Waals surface area contributed by atoms with E-state index in [9.17, 15) is 0 Å². The Bertz CT molecular complexity index is 1320. The molecule has 0 unspecified atom stereocenters. The van der Waals surface area contributed by atoms with E-state index in [1.54, 1.807) is 0 Å². The molecule has 6 rings (SSSR count). The van der Waals surface area contributed by atoms with Gasteiger partial charge in [-0.25, -0.2) is 0 Å². The maximum atomic E-state index is 4.28. The molecule has 2 atom stereocenters. The van der Waals surface area contributed by atoms with Gasteiger partial charge in [0, 0.05) is 47.0 Å². The first-order valence-electron chi connectivity index (χ1n) is 13.3. The average Bonchev–Trinajstić information content (AvgIpc) is 3.72. The fourth-order valence-electron chi connectivity index (χ4n) is 4.55. The zero-order chi connectivity index (χ0) is 25.8. The van der Waals surface area contributed by atoms with Crippen LogP contribution in [0.3, 0.4) is 0 Å². The van der Waals surface area contributed by atoms with Crippen molar-refractivity contribution in [1.82, 2.24) is 20.6 Å². The predicted molar refractivity (Wildman–Crippen MR) is 155 cm³/mol.